The van der Waals surface area contributed by atoms with Crippen LogP contribution in [0.15, 0.2) is 43.1 Å². The highest BCUT2D eigenvalue weighted by Gasteiger charge is 2.61. The van der Waals surface area contributed by atoms with Gasteiger partial charge in [-0.3, -0.25) is 19.1 Å². The molecule has 5 atom stereocenters. The van der Waals surface area contributed by atoms with Gasteiger partial charge in [0.05, 0.1) is 19.4 Å². The van der Waals surface area contributed by atoms with Crippen molar-refractivity contribution in [1.29, 1.82) is 0 Å². The van der Waals surface area contributed by atoms with Crippen molar-refractivity contribution in [3.8, 4) is 5.88 Å². The number of rotatable bonds is 8. The molecular weight excluding hydrogens is 626 g/mol. The Balaban J connectivity index is 1.48. The summed E-state index contributed by atoms with van der Waals surface area (Å²) >= 11 is 0. The van der Waals surface area contributed by atoms with Crippen LogP contribution in [0.4, 0.5) is 4.79 Å². The molecule has 0 radical (unpaired) electrons. The Hall–Kier alpha value is -4.20. The van der Waals surface area contributed by atoms with Crippen molar-refractivity contribution in [2.24, 2.45) is 5.92 Å². The molecule has 4 amide bonds. The maximum absolute atomic E-state index is 14.1. The van der Waals surface area contributed by atoms with Crippen molar-refractivity contribution < 1.29 is 37.1 Å². The Morgan fingerprint density at radius 2 is 2.02 bits per heavy atom. The largest absolute Gasteiger partial charge is 0.472 e. The quantitative estimate of drug-likeness (QED) is 0.357. The minimum Gasteiger partial charge on any atom is -0.472 e. The summed E-state index contributed by atoms with van der Waals surface area (Å²) in [5.74, 6) is -2.13. The average Bonchev–Trinajstić information content (AvgIpc) is 3.58. The van der Waals surface area contributed by atoms with Crippen molar-refractivity contribution >= 4 is 44.6 Å². The third-order valence-electron chi connectivity index (χ3n) is 9.03. The molecular formula is C33H43N5O8S. The number of hydrogen-bond acceptors (Lipinski definition) is 9. The Kier molecular flexibility index (Phi) is 10.4. The maximum Gasteiger partial charge on any atom is 0.407 e. The first-order valence-corrected chi connectivity index (χ1v) is 18.1. The van der Waals surface area contributed by atoms with Crippen LogP contribution in [0, 0.1) is 5.92 Å². The number of sulfonamides is 1. The van der Waals surface area contributed by atoms with Crippen LogP contribution in [0.5, 0.6) is 5.88 Å². The molecule has 1 aromatic heterocycles. The van der Waals surface area contributed by atoms with Gasteiger partial charge < -0.3 is 25.0 Å². The Morgan fingerprint density at radius 1 is 1.21 bits per heavy atom. The molecule has 1 aromatic carbocycles. The number of amides is 4. The van der Waals surface area contributed by atoms with Crippen LogP contribution < -0.4 is 20.1 Å². The first-order chi connectivity index (χ1) is 22.4. The SMILES string of the molecule is C=C[C@@H]1C[C@]1(NC(=O)[C@@H]1C[C@H]2CN1C(=O)[C@H](CCCC)NC(=O)OCCCCCc1ccc3ccnc(c3c1)O2)C(=O)NS(C)(=O)=O. The Labute approximate surface area is 274 Å². The number of unbranched alkanes of at least 4 members (excludes halogenated alkanes) is 1. The van der Waals surface area contributed by atoms with Gasteiger partial charge in [0.25, 0.3) is 5.91 Å². The zero-order valence-electron chi connectivity index (χ0n) is 26.8. The highest BCUT2D eigenvalue weighted by Crippen LogP contribution is 2.45. The smallest absolute Gasteiger partial charge is 0.407 e. The number of nitrogens with one attached hydrogen (secondary N) is 3. The molecule has 2 aliphatic heterocycles. The summed E-state index contributed by atoms with van der Waals surface area (Å²) in [5, 5.41) is 7.20. The van der Waals surface area contributed by atoms with Crippen molar-refractivity contribution in [1.82, 2.24) is 25.2 Å². The summed E-state index contributed by atoms with van der Waals surface area (Å²) in [5.41, 5.74) is -0.424. The van der Waals surface area contributed by atoms with Gasteiger partial charge >= 0.3 is 6.09 Å². The van der Waals surface area contributed by atoms with Crippen molar-refractivity contribution in [3.05, 3.63) is 48.7 Å². The summed E-state index contributed by atoms with van der Waals surface area (Å²) in [4.78, 5) is 59.9. The lowest BCUT2D eigenvalue weighted by molar-refractivity contribution is -0.141. The zero-order valence-corrected chi connectivity index (χ0v) is 27.6. The van der Waals surface area contributed by atoms with Gasteiger partial charge in [-0.1, -0.05) is 38.0 Å². The van der Waals surface area contributed by atoms with E-state index in [1.54, 1.807) is 6.20 Å². The second kappa shape index (κ2) is 14.3. The second-order valence-corrected chi connectivity index (χ2v) is 14.4. The molecule has 2 aromatic rings. The second-order valence-electron chi connectivity index (χ2n) is 12.6. The van der Waals surface area contributed by atoms with Gasteiger partial charge in [0.15, 0.2) is 0 Å². The van der Waals surface area contributed by atoms with E-state index in [0.29, 0.717) is 25.1 Å². The molecule has 14 heteroatoms. The summed E-state index contributed by atoms with van der Waals surface area (Å²) in [7, 11) is -3.91. The van der Waals surface area contributed by atoms with E-state index in [-0.39, 0.29) is 26.0 Å². The lowest BCUT2D eigenvalue weighted by Gasteiger charge is -2.29. The molecule has 3 N–H and O–H groups in total. The molecule has 5 rings (SSSR count). The number of carbonyl (C=O) groups excluding carboxylic acids is 4. The van der Waals surface area contributed by atoms with Gasteiger partial charge in [-0.15, -0.1) is 6.58 Å². The lowest BCUT2D eigenvalue weighted by atomic mass is 10.0. The number of aryl methyl sites for hydroxylation is 1. The minimum atomic E-state index is -3.91. The number of carbonyl (C=O) groups is 4. The number of ether oxygens (including phenoxy) is 2. The lowest BCUT2D eigenvalue weighted by Crippen LogP contribution is -2.58. The van der Waals surface area contributed by atoms with E-state index >= 15 is 0 Å². The summed E-state index contributed by atoms with van der Waals surface area (Å²) < 4.78 is 37.5. The van der Waals surface area contributed by atoms with Crippen LogP contribution in [-0.4, -0.2) is 85.3 Å². The molecule has 4 bridgehead atoms. The highest BCUT2D eigenvalue weighted by molar-refractivity contribution is 7.89. The first-order valence-electron chi connectivity index (χ1n) is 16.2. The number of alkyl carbamates (subject to hydrolysis) is 1. The highest BCUT2D eigenvalue weighted by atomic mass is 32.2. The van der Waals surface area contributed by atoms with E-state index < -0.39 is 63.5 Å². The van der Waals surface area contributed by atoms with E-state index in [9.17, 15) is 27.6 Å². The predicted octanol–water partition coefficient (Wildman–Crippen LogP) is 2.73. The van der Waals surface area contributed by atoms with Crippen LogP contribution in [-0.2, 0) is 35.6 Å². The van der Waals surface area contributed by atoms with Gasteiger partial charge in [-0.05, 0) is 61.6 Å². The average molecular weight is 670 g/mol. The van der Waals surface area contributed by atoms with Gasteiger partial charge in [0.2, 0.25) is 27.7 Å². The van der Waals surface area contributed by atoms with E-state index in [0.717, 1.165) is 48.3 Å². The number of cyclic esters (lactones) is 1. The summed E-state index contributed by atoms with van der Waals surface area (Å²) in [6.07, 6.45) is 7.83. The molecule has 0 spiro atoms. The van der Waals surface area contributed by atoms with Gasteiger partial charge in [0.1, 0.15) is 23.7 Å². The fourth-order valence-corrected chi connectivity index (χ4v) is 6.91. The van der Waals surface area contributed by atoms with Crippen LogP contribution in [0.25, 0.3) is 10.8 Å². The minimum absolute atomic E-state index is 0.0153. The van der Waals surface area contributed by atoms with E-state index in [4.69, 9.17) is 9.47 Å². The molecule has 3 heterocycles. The summed E-state index contributed by atoms with van der Waals surface area (Å²) in [6, 6.07) is 5.96. The zero-order chi connectivity index (χ0) is 33.8. The maximum atomic E-state index is 14.1. The van der Waals surface area contributed by atoms with Gasteiger partial charge in [-0.2, -0.15) is 0 Å². The third-order valence-corrected chi connectivity index (χ3v) is 9.59. The molecule has 1 saturated heterocycles. The van der Waals surface area contributed by atoms with Crippen LogP contribution in [0.1, 0.15) is 63.9 Å². The molecule has 3 aliphatic rings. The third kappa shape index (κ3) is 8.03. The molecule has 0 unspecified atom stereocenters. The molecule has 254 valence electrons. The Morgan fingerprint density at radius 3 is 2.74 bits per heavy atom. The van der Waals surface area contributed by atoms with E-state index in [2.05, 4.69) is 28.3 Å². The van der Waals surface area contributed by atoms with Crippen LogP contribution >= 0.6 is 0 Å². The molecule has 47 heavy (non-hydrogen) atoms. The normalized spacial score (nSPS) is 26.7. The summed E-state index contributed by atoms with van der Waals surface area (Å²) in [6.45, 7) is 5.91. The van der Waals surface area contributed by atoms with Gasteiger partial charge in [0, 0.05) is 23.9 Å². The number of pyridine rings is 1. The number of benzene rings is 1. The van der Waals surface area contributed by atoms with Crippen LogP contribution in [0.3, 0.4) is 0 Å². The Bertz CT molecular complexity index is 1650. The molecule has 13 nitrogen and oxygen atoms in total. The van der Waals surface area contributed by atoms with E-state index in [1.807, 2.05) is 29.8 Å². The van der Waals surface area contributed by atoms with Crippen molar-refractivity contribution in [3.63, 3.8) is 0 Å². The first kappa shape index (κ1) is 34.1. The molecule has 1 aliphatic carbocycles. The number of aromatic nitrogens is 1. The monoisotopic (exact) mass is 669 g/mol. The van der Waals surface area contributed by atoms with Crippen molar-refractivity contribution in [2.45, 2.75) is 88.4 Å². The molecule has 1 saturated carbocycles. The van der Waals surface area contributed by atoms with Gasteiger partial charge in [-0.25, -0.2) is 18.2 Å². The topological polar surface area (TPSA) is 173 Å². The number of hydrogen-bond donors (Lipinski definition) is 3. The standard InChI is InChI=1S/C33H43N5O8S/c1-4-6-11-26-30(40)38-20-24(18-27(38)28(39)36-33(19-23(33)5-2)31(41)37-47(3,43)44)46-29-25-17-21(12-13-22(25)14-15-34-29)10-8-7-9-16-45-32(42)35-26/h5,12-15,17,23-24,26-27H,2,4,6-11,16,18-20H2,1,3H3,(H,35,42)(H,36,39)(H,37,41)/t23-,24+,26+,27+,33-/m1/s1. The van der Waals surface area contributed by atoms with Crippen LogP contribution in [0.2, 0.25) is 0 Å². The van der Waals surface area contributed by atoms with Crippen molar-refractivity contribution in [2.75, 3.05) is 19.4 Å². The number of nitrogens with zero attached hydrogens (tertiary/aromatic N) is 2. The molecule has 2 fully saturated rings. The number of fused-ring (bicyclic) bond motifs is 3. The predicted molar refractivity (Wildman–Crippen MR) is 174 cm³/mol. The van der Waals surface area contributed by atoms with E-state index in [1.165, 1.54) is 11.0 Å². The fraction of sp³-hybridized carbons (Fsp3) is 0.545. The fourth-order valence-electron chi connectivity index (χ4n) is 6.39.